The maximum Gasteiger partial charge on any atom is 0.296 e. The molecule has 2 N–H and O–H groups in total. The highest BCUT2D eigenvalue weighted by Gasteiger charge is 2.46. The van der Waals surface area contributed by atoms with Crippen LogP contribution in [-0.2, 0) is 4.79 Å². The highest BCUT2D eigenvalue weighted by Crippen LogP contribution is 2.52. The minimum atomic E-state index is -0.768. The summed E-state index contributed by atoms with van der Waals surface area (Å²) in [4.78, 5) is 26.6. The van der Waals surface area contributed by atoms with Gasteiger partial charge in [0.1, 0.15) is 17.3 Å². The van der Waals surface area contributed by atoms with E-state index in [4.69, 9.17) is 5.73 Å². The fourth-order valence-electron chi connectivity index (χ4n) is 4.38. The summed E-state index contributed by atoms with van der Waals surface area (Å²) in [5.74, 6) is -1.57. The quantitative estimate of drug-likeness (QED) is 0.425. The van der Waals surface area contributed by atoms with E-state index in [9.17, 15) is 24.6 Å². The number of nitrogens with zero attached hydrogens (tertiary/aromatic N) is 3. The van der Waals surface area contributed by atoms with Crippen molar-refractivity contribution in [1.29, 1.82) is 5.26 Å². The number of hydrogen-bond donors (Lipinski definition) is 1. The van der Waals surface area contributed by atoms with E-state index in [1.54, 1.807) is 0 Å². The Morgan fingerprint density at radius 2 is 2.06 bits per heavy atom. The number of anilines is 1. The number of benzene rings is 1. The number of rotatable bonds is 3. The highest BCUT2D eigenvalue weighted by atomic mass is 79.9. The Bertz CT molecular complexity index is 1270. The molecular formula is C22H18BrFN4O3S. The van der Waals surface area contributed by atoms with Gasteiger partial charge in [-0.25, -0.2) is 4.39 Å². The second kappa shape index (κ2) is 7.83. The fourth-order valence-corrected chi connectivity index (χ4v) is 5.93. The van der Waals surface area contributed by atoms with Gasteiger partial charge in [-0.2, -0.15) is 5.26 Å². The van der Waals surface area contributed by atoms with E-state index in [0.29, 0.717) is 17.7 Å². The molecule has 7 nitrogen and oxygen atoms in total. The molecular weight excluding hydrogens is 499 g/mol. The second-order valence-corrected chi connectivity index (χ2v) is 11.0. The zero-order chi connectivity index (χ0) is 23.4. The Kier molecular flexibility index (Phi) is 5.43. The van der Waals surface area contributed by atoms with Gasteiger partial charge in [-0.1, -0.05) is 13.8 Å². The first-order valence-corrected chi connectivity index (χ1v) is 11.3. The van der Waals surface area contributed by atoms with Crippen LogP contribution in [0.2, 0.25) is 0 Å². The zero-order valence-corrected chi connectivity index (χ0v) is 19.6. The fraction of sp³-hybridized carbons (Fsp3) is 0.273. The number of nitrogens with two attached hydrogens (primary N) is 1. The van der Waals surface area contributed by atoms with Crippen LogP contribution < -0.4 is 10.6 Å². The normalized spacial score (nSPS) is 20.3. The molecule has 1 unspecified atom stereocenters. The number of carbonyl (C=O) groups excluding carboxylic acids is 1. The van der Waals surface area contributed by atoms with Crippen LogP contribution in [0.3, 0.4) is 0 Å². The molecule has 2 aliphatic rings. The summed E-state index contributed by atoms with van der Waals surface area (Å²) in [6, 6.07) is 8.95. The number of nitriles is 1. The first kappa shape index (κ1) is 22.2. The molecule has 0 spiro atoms. The molecule has 1 aromatic carbocycles. The van der Waals surface area contributed by atoms with Crippen molar-refractivity contribution in [1.82, 2.24) is 0 Å². The van der Waals surface area contributed by atoms with Gasteiger partial charge in [0.2, 0.25) is 0 Å². The molecule has 32 heavy (non-hydrogen) atoms. The molecule has 10 heteroatoms. The lowest BCUT2D eigenvalue weighted by Gasteiger charge is -2.43. The van der Waals surface area contributed by atoms with Crippen molar-refractivity contribution in [3.63, 3.8) is 0 Å². The minimum absolute atomic E-state index is 0.000908. The van der Waals surface area contributed by atoms with E-state index in [0.717, 1.165) is 20.8 Å². The number of thiophene rings is 1. The predicted molar refractivity (Wildman–Crippen MR) is 122 cm³/mol. The third-order valence-electron chi connectivity index (χ3n) is 5.63. The van der Waals surface area contributed by atoms with Crippen LogP contribution in [-0.4, -0.2) is 10.7 Å². The van der Waals surface area contributed by atoms with E-state index < -0.39 is 27.8 Å². The number of nitro groups is 1. The molecule has 164 valence electrons. The largest absolute Gasteiger partial charge is 0.384 e. The Hall–Kier alpha value is -3.03. The van der Waals surface area contributed by atoms with Gasteiger partial charge in [-0.3, -0.25) is 19.8 Å². The molecule has 1 aliphatic heterocycles. The number of carbonyl (C=O) groups is 1. The van der Waals surface area contributed by atoms with E-state index in [1.807, 2.05) is 26.0 Å². The van der Waals surface area contributed by atoms with Gasteiger partial charge in [-0.05, 0) is 52.0 Å². The lowest BCUT2D eigenvalue weighted by molar-refractivity contribution is -0.384. The number of ketones is 1. The van der Waals surface area contributed by atoms with Crippen molar-refractivity contribution in [2.75, 3.05) is 4.90 Å². The summed E-state index contributed by atoms with van der Waals surface area (Å²) in [7, 11) is 0. The molecule has 0 radical (unpaired) electrons. The molecule has 2 aromatic rings. The van der Waals surface area contributed by atoms with Crippen molar-refractivity contribution in [3.05, 3.63) is 77.6 Å². The molecule has 4 rings (SSSR count). The van der Waals surface area contributed by atoms with E-state index >= 15 is 0 Å². The van der Waals surface area contributed by atoms with Crippen LogP contribution in [0.25, 0.3) is 0 Å². The van der Waals surface area contributed by atoms with Crippen molar-refractivity contribution < 1.29 is 14.1 Å². The Balaban J connectivity index is 2.05. The summed E-state index contributed by atoms with van der Waals surface area (Å²) >= 11 is 4.82. The number of allylic oxidation sites excluding steroid dienone is 3. The average Bonchev–Trinajstić information content (AvgIpc) is 3.12. The molecule has 1 aromatic heterocycles. The van der Waals surface area contributed by atoms with Crippen molar-refractivity contribution in [2.24, 2.45) is 11.1 Å². The third kappa shape index (κ3) is 3.61. The Morgan fingerprint density at radius 1 is 1.34 bits per heavy atom. The lowest BCUT2D eigenvalue weighted by atomic mass is 9.69. The molecule has 1 aliphatic carbocycles. The number of nitro benzene ring substituents is 1. The second-order valence-electron chi connectivity index (χ2n) is 8.51. The summed E-state index contributed by atoms with van der Waals surface area (Å²) in [5.41, 5.74) is 6.61. The summed E-state index contributed by atoms with van der Waals surface area (Å²) in [6.07, 6.45) is 0.678. The topological polar surface area (TPSA) is 113 Å². The molecule has 1 atom stereocenters. The standard InChI is InChI=1S/C22H18BrFN4O3S/c1-22(2)8-15-20(16(29)9-22)19(17-5-6-18(23)32-17)12(10-25)21(26)27(15)13-4-3-11(24)7-14(13)28(30)31/h3-7,19H,8-9,26H2,1-2H3. The van der Waals surface area contributed by atoms with Crippen LogP contribution >= 0.6 is 27.3 Å². The van der Waals surface area contributed by atoms with Crippen LogP contribution in [0.1, 0.15) is 37.5 Å². The van der Waals surface area contributed by atoms with Gasteiger partial charge in [-0.15, -0.1) is 11.3 Å². The third-order valence-corrected chi connectivity index (χ3v) is 7.32. The lowest BCUT2D eigenvalue weighted by Crippen LogP contribution is -2.42. The number of hydrogen-bond acceptors (Lipinski definition) is 7. The molecule has 0 saturated heterocycles. The van der Waals surface area contributed by atoms with Gasteiger partial charge >= 0.3 is 0 Å². The molecule has 0 saturated carbocycles. The summed E-state index contributed by atoms with van der Waals surface area (Å²) in [6.45, 7) is 3.87. The number of Topliss-reactive ketones (excluding diaryl/α,β-unsaturated/α-hetero) is 1. The smallest absolute Gasteiger partial charge is 0.296 e. The van der Waals surface area contributed by atoms with Gasteiger partial charge in [0.25, 0.3) is 5.69 Å². The zero-order valence-electron chi connectivity index (χ0n) is 17.2. The first-order valence-electron chi connectivity index (χ1n) is 9.69. The first-order chi connectivity index (χ1) is 15.0. The van der Waals surface area contributed by atoms with Gasteiger partial charge in [0.05, 0.1) is 32.3 Å². The minimum Gasteiger partial charge on any atom is -0.384 e. The van der Waals surface area contributed by atoms with Crippen molar-refractivity contribution >= 4 is 44.4 Å². The molecule has 0 fully saturated rings. The van der Waals surface area contributed by atoms with Crippen LogP contribution in [0, 0.1) is 32.7 Å². The summed E-state index contributed by atoms with van der Waals surface area (Å²) in [5, 5.41) is 21.7. The van der Waals surface area contributed by atoms with E-state index in [2.05, 4.69) is 22.0 Å². The molecule has 2 heterocycles. The summed E-state index contributed by atoms with van der Waals surface area (Å²) < 4.78 is 14.7. The molecule has 0 bridgehead atoms. The van der Waals surface area contributed by atoms with Crippen LogP contribution in [0.15, 0.2) is 56.8 Å². The highest BCUT2D eigenvalue weighted by molar-refractivity contribution is 9.11. The van der Waals surface area contributed by atoms with Crippen LogP contribution in [0.5, 0.6) is 0 Å². The number of halogens is 2. The van der Waals surface area contributed by atoms with Gasteiger partial charge in [0, 0.05) is 22.6 Å². The van der Waals surface area contributed by atoms with Crippen LogP contribution in [0.4, 0.5) is 15.8 Å². The predicted octanol–water partition coefficient (Wildman–Crippen LogP) is 5.50. The monoisotopic (exact) mass is 516 g/mol. The maximum absolute atomic E-state index is 13.8. The Morgan fingerprint density at radius 3 is 2.66 bits per heavy atom. The van der Waals surface area contributed by atoms with Crippen molar-refractivity contribution in [2.45, 2.75) is 32.6 Å². The van der Waals surface area contributed by atoms with Gasteiger partial charge < -0.3 is 5.73 Å². The van der Waals surface area contributed by atoms with Gasteiger partial charge in [0.15, 0.2) is 5.78 Å². The molecule has 0 amide bonds. The maximum atomic E-state index is 13.8. The van der Waals surface area contributed by atoms with E-state index in [1.165, 1.54) is 22.3 Å². The Labute approximate surface area is 195 Å². The SMILES string of the molecule is CC1(C)CC(=O)C2=C(C1)N(c1ccc(F)cc1[N+](=O)[O-])C(N)=C(C#N)C2c1ccc(Br)s1. The average molecular weight is 517 g/mol. The van der Waals surface area contributed by atoms with E-state index in [-0.39, 0.29) is 29.3 Å². The van der Waals surface area contributed by atoms with Crippen molar-refractivity contribution in [3.8, 4) is 6.07 Å².